The van der Waals surface area contributed by atoms with E-state index >= 15 is 0 Å². The molecule has 228 valence electrons. The molecule has 11 nitrogen and oxygen atoms in total. The van der Waals surface area contributed by atoms with Crippen molar-refractivity contribution in [3.63, 3.8) is 0 Å². The van der Waals surface area contributed by atoms with Gasteiger partial charge >= 0.3 is 17.8 Å². The van der Waals surface area contributed by atoms with Crippen LogP contribution in [-0.4, -0.2) is 43.3 Å². The third-order valence-electron chi connectivity index (χ3n) is 5.96. The molecule has 14 heteroatoms. The molecule has 0 aliphatic heterocycles. The summed E-state index contributed by atoms with van der Waals surface area (Å²) < 4.78 is 38.9. The summed E-state index contributed by atoms with van der Waals surface area (Å²) in [6.07, 6.45) is 1.17. The van der Waals surface area contributed by atoms with Gasteiger partial charge in [0.15, 0.2) is 0 Å². The molecule has 2 amide bonds. The van der Waals surface area contributed by atoms with Gasteiger partial charge in [0.2, 0.25) is 10.0 Å². The SMILES string of the molecule is CCOC(=O)c1ccc(NC(=O)C(=O)N/N=C/c2ccc(CN(Cc3ccc(Cl)cc3)S(=O)(=O)c3ccc(Cl)cc3)o2)cc1. The Morgan fingerprint density at radius 2 is 1.50 bits per heavy atom. The highest BCUT2D eigenvalue weighted by atomic mass is 35.5. The molecule has 0 atom stereocenters. The van der Waals surface area contributed by atoms with Crippen LogP contribution >= 0.6 is 23.2 Å². The minimum atomic E-state index is -3.96. The van der Waals surface area contributed by atoms with E-state index in [-0.39, 0.29) is 36.0 Å². The fourth-order valence-corrected chi connectivity index (χ4v) is 5.44. The lowest BCUT2D eigenvalue weighted by Gasteiger charge is -2.21. The molecule has 0 aliphatic rings. The van der Waals surface area contributed by atoms with Gasteiger partial charge in [-0.1, -0.05) is 35.3 Å². The Morgan fingerprint density at radius 3 is 2.14 bits per heavy atom. The van der Waals surface area contributed by atoms with Crippen molar-refractivity contribution in [2.45, 2.75) is 24.9 Å². The topological polar surface area (TPSA) is 147 Å². The van der Waals surface area contributed by atoms with E-state index in [2.05, 4.69) is 15.8 Å². The Balaban J connectivity index is 1.39. The predicted molar refractivity (Wildman–Crippen MR) is 165 cm³/mol. The average molecular weight is 658 g/mol. The Labute approximate surface area is 263 Å². The first-order valence-electron chi connectivity index (χ1n) is 13.1. The van der Waals surface area contributed by atoms with Crippen LogP contribution in [0.4, 0.5) is 5.69 Å². The van der Waals surface area contributed by atoms with E-state index in [1.54, 1.807) is 37.3 Å². The number of rotatable bonds is 11. The second kappa shape index (κ2) is 14.8. The maximum absolute atomic E-state index is 13.5. The molecule has 1 heterocycles. The molecular formula is C30H26Cl2N4O7S. The normalized spacial score (nSPS) is 11.5. The second-order valence-electron chi connectivity index (χ2n) is 9.11. The van der Waals surface area contributed by atoms with Gasteiger partial charge in [0.1, 0.15) is 11.5 Å². The fraction of sp³-hybridized carbons (Fsp3) is 0.133. The molecule has 0 saturated carbocycles. The molecule has 1 aromatic heterocycles. The minimum Gasteiger partial charge on any atom is -0.462 e. The van der Waals surface area contributed by atoms with Crippen molar-refractivity contribution in [2.75, 3.05) is 11.9 Å². The van der Waals surface area contributed by atoms with Crippen molar-refractivity contribution in [1.82, 2.24) is 9.73 Å². The summed E-state index contributed by atoms with van der Waals surface area (Å²) in [4.78, 5) is 36.2. The van der Waals surface area contributed by atoms with E-state index in [9.17, 15) is 22.8 Å². The largest absolute Gasteiger partial charge is 0.462 e. The summed E-state index contributed by atoms with van der Waals surface area (Å²) in [5.41, 5.74) is 3.38. The number of amides is 2. The van der Waals surface area contributed by atoms with Crippen molar-refractivity contribution >= 4 is 62.9 Å². The number of carbonyl (C=O) groups excluding carboxylic acids is 3. The van der Waals surface area contributed by atoms with Crippen LogP contribution in [0.5, 0.6) is 0 Å². The molecule has 0 saturated heterocycles. The zero-order valence-electron chi connectivity index (χ0n) is 23.2. The average Bonchev–Trinajstić information content (AvgIpc) is 3.45. The first-order chi connectivity index (χ1) is 21.0. The van der Waals surface area contributed by atoms with E-state index in [0.29, 0.717) is 26.9 Å². The number of benzene rings is 3. The molecule has 4 rings (SSSR count). The number of sulfonamides is 1. The molecule has 44 heavy (non-hydrogen) atoms. The number of nitrogens with one attached hydrogen (secondary N) is 2. The molecular weight excluding hydrogens is 631 g/mol. The summed E-state index contributed by atoms with van der Waals surface area (Å²) in [6, 6.07) is 21.5. The summed E-state index contributed by atoms with van der Waals surface area (Å²) in [6.45, 7) is 1.83. The number of halogens is 2. The number of anilines is 1. The molecule has 4 aromatic rings. The van der Waals surface area contributed by atoms with Gasteiger partial charge in [-0.2, -0.15) is 9.41 Å². The third-order valence-corrected chi connectivity index (χ3v) is 8.27. The predicted octanol–water partition coefficient (Wildman–Crippen LogP) is 5.24. The Hall–Kier alpha value is -4.49. The third kappa shape index (κ3) is 8.77. The van der Waals surface area contributed by atoms with Crippen LogP contribution in [0.25, 0.3) is 0 Å². The van der Waals surface area contributed by atoms with Gasteiger partial charge in [0.05, 0.1) is 29.8 Å². The summed E-state index contributed by atoms with van der Waals surface area (Å²) >= 11 is 11.9. The number of hydrogen-bond acceptors (Lipinski definition) is 8. The Bertz CT molecular complexity index is 1760. The smallest absolute Gasteiger partial charge is 0.338 e. The number of furan rings is 1. The quantitative estimate of drug-likeness (QED) is 0.0970. The standard InChI is InChI=1S/C30H26Cl2N4O7S/c1-2-42-30(39)21-5-11-24(12-6-21)34-28(37)29(38)35-33-17-25-13-14-26(43-25)19-36(18-20-3-7-22(31)8-4-20)44(40,41)27-15-9-23(32)10-16-27/h3-17H,2,18-19H2,1H3,(H,34,37)(H,35,38)/b33-17+. The molecule has 0 radical (unpaired) electrons. The Kier molecular flexibility index (Phi) is 10.9. The first kappa shape index (κ1) is 32.4. The summed E-state index contributed by atoms with van der Waals surface area (Å²) in [7, 11) is -3.96. The van der Waals surface area contributed by atoms with Crippen LogP contribution in [0.1, 0.15) is 34.4 Å². The highest BCUT2D eigenvalue weighted by Crippen LogP contribution is 2.24. The zero-order valence-corrected chi connectivity index (χ0v) is 25.5. The van der Waals surface area contributed by atoms with Gasteiger partial charge in [0, 0.05) is 22.3 Å². The van der Waals surface area contributed by atoms with Crippen molar-refractivity contribution < 1.29 is 32.0 Å². The first-order valence-corrected chi connectivity index (χ1v) is 15.2. The Morgan fingerprint density at radius 1 is 0.864 bits per heavy atom. The minimum absolute atomic E-state index is 0.0307. The van der Waals surface area contributed by atoms with Crippen LogP contribution in [0.2, 0.25) is 10.0 Å². The molecule has 0 bridgehead atoms. The highest BCUT2D eigenvalue weighted by Gasteiger charge is 2.26. The van der Waals surface area contributed by atoms with Crippen molar-refractivity contribution in [2.24, 2.45) is 5.10 Å². The van der Waals surface area contributed by atoms with Gasteiger partial charge in [-0.15, -0.1) is 0 Å². The lowest BCUT2D eigenvalue weighted by atomic mass is 10.2. The second-order valence-corrected chi connectivity index (χ2v) is 11.9. The van der Waals surface area contributed by atoms with Gasteiger partial charge < -0.3 is 14.5 Å². The lowest BCUT2D eigenvalue weighted by Crippen LogP contribution is -2.32. The van der Waals surface area contributed by atoms with Gasteiger partial charge in [-0.25, -0.2) is 18.6 Å². The fourth-order valence-electron chi connectivity index (χ4n) is 3.79. The monoisotopic (exact) mass is 656 g/mol. The molecule has 0 fully saturated rings. The van der Waals surface area contributed by atoms with Crippen LogP contribution in [0, 0.1) is 0 Å². The number of hydrogen-bond donors (Lipinski definition) is 2. The van der Waals surface area contributed by atoms with Crippen LogP contribution in [0.3, 0.4) is 0 Å². The number of ether oxygens (including phenoxy) is 1. The number of esters is 1. The summed E-state index contributed by atoms with van der Waals surface area (Å²) in [5, 5.41) is 7.05. The highest BCUT2D eigenvalue weighted by molar-refractivity contribution is 7.89. The van der Waals surface area contributed by atoms with Crippen LogP contribution < -0.4 is 10.7 Å². The van der Waals surface area contributed by atoms with E-state index in [1.807, 2.05) is 0 Å². The van der Waals surface area contributed by atoms with Gasteiger partial charge in [-0.05, 0) is 85.3 Å². The van der Waals surface area contributed by atoms with Gasteiger partial charge in [0.25, 0.3) is 0 Å². The summed E-state index contributed by atoms with van der Waals surface area (Å²) in [5.74, 6) is -2.04. The van der Waals surface area contributed by atoms with Crippen molar-refractivity contribution in [3.8, 4) is 0 Å². The van der Waals surface area contributed by atoms with E-state index in [1.165, 1.54) is 65.1 Å². The maximum atomic E-state index is 13.5. The van der Waals surface area contributed by atoms with E-state index in [0.717, 1.165) is 0 Å². The molecule has 0 spiro atoms. The molecule has 3 aromatic carbocycles. The molecule has 0 unspecified atom stereocenters. The van der Waals surface area contributed by atoms with E-state index in [4.69, 9.17) is 32.4 Å². The molecule has 2 N–H and O–H groups in total. The number of nitrogens with zero attached hydrogens (tertiary/aromatic N) is 2. The van der Waals surface area contributed by atoms with Crippen molar-refractivity contribution in [1.29, 1.82) is 0 Å². The maximum Gasteiger partial charge on any atom is 0.338 e. The van der Waals surface area contributed by atoms with Crippen LogP contribution in [0.15, 0.2) is 99.3 Å². The zero-order chi connectivity index (χ0) is 31.7. The lowest BCUT2D eigenvalue weighted by molar-refractivity contribution is -0.136. The number of hydrazone groups is 1. The van der Waals surface area contributed by atoms with Crippen LogP contribution in [-0.2, 0) is 37.4 Å². The van der Waals surface area contributed by atoms with Crippen molar-refractivity contribution in [3.05, 3.63) is 118 Å². The van der Waals surface area contributed by atoms with Gasteiger partial charge in [-0.3, -0.25) is 9.59 Å². The molecule has 0 aliphatic carbocycles. The van der Waals surface area contributed by atoms with E-state index < -0.39 is 27.8 Å². The number of carbonyl (C=O) groups is 3.